The SMILES string of the molecule is Cc1ccc(C(C)(C)CNC(=O)Nc2ccccc2N2CCOCC2)cc1. The van der Waals surface area contributed by atoms with E-state index in [1.54, 1.807) is 0 Å². The van der Waals surface area contributed by atoms with Gasteiger partial charge in [0.1, 0.15) is 0 Å². The Morgan fingerprint density at radius 1 is 1.07 bits per heavy atom. The van der Waals surface area contributed by atoms with Crippen molar-refractivity contribution in [2.24, 2.45) is 0 Å². The molecular formula is C22H29N3O2. The zero-order valence-corrected chi connectivity index (χ0v) is 16.4. The number of morpholine rings is 1. The van der Waals surface area contributed by atoms with E-state index in [2.05, 4.69) is 60.6 Å². The van der Waals surface area contributed by atoms with E-state index in [0.29, 0.717) is 19.8 Å². The summed E-state index contributed by atoms with van der Waals surface area (Å²) in [5, 5.41) is 6.03. The van der Waals surface area contributed by atoms with Crippen molar-refractivity contribution in [2.75, 3.05) is 43.1 Å². The maximum Gasteiger partial charge on any atom is 0.319 e. The van der Waals surface area contributed by atoms with Gasteiger partial charge in [-0.2, -0.15) is 0 Å². The first-order chi connectivity index (χ1) is 13.0. The zero-order chi connectivity index (χ0) is 19.3. The van der Waals surface area contributed by atoms with Crippen molar-refractivity contribution in [2.45, 2.75) is 26.2 Å². The van der Waals surface area contributed by atoms with Crippen LogP contribution in [0.4, 0.5) is 16.2 Å². The number of para-hydroxylation sites is 2. The minimum Gasteiger partial charge on any atom is -0.378 e. The fourth-order valence-electron chi connectivity index (χ4n) is 3.23. The lowest BCUT2D eigenvalue weighted by Gasteiger charge is -2.30. The van der Waals surface area contributed by atoms with Crippen LogP contribution in [-0.2, 0) is 10.2 Å². The van der Waals surface area contributed by atoms with Gasteiger partial charge in [0.15, 0.2) is 0 Å². The molecule has 1 heterocycles. The van der Waals surface area contributed by atoms with Crippen LogP contribution in [-0.4, -0.2) is 38.9 Å². The van der Waals surface area contributed by atoms with Crippen molar-refractivity contribution in [3.8, 4) is 0 Å². The number of carbonyl (C=O) groups excluding carboxylic acids is 1. The summed E-state index contributed by atoms with van der Waals surface area (Å²) in [6.45, 7) is 10.0. The second-order valence-electron chi connectivity index (χ2n) is 7.67. The summed E-state index contributed by atoms with van der Waals surface area (Å²) in [6.07, 6.45) is 0. The topological polar surface area (TPSA) is 53.6 Å². The number of rotatable bonds is 5. The number of nitrogens with zero attached hydrogens (tertiary/aromatic N) is 1. The third-order valence-electron chi connectivity index (χ3n) is 5.03. The molecule has 0 bridgehead atoms. The van der Waals surface area contributed by atoms with Gasteiger partial charge in [-0.15, -0.1) is 0 Å². The summed E-state index contributed by atoms with van der Waals surface area (Å²) in [7, 11) is 0. The van der Waals surface area contributed by atoms with Gasteiger partial charge in [-0.1, -0.05) is 55.8 Å². The van der Waals surface area contributed by atoms with Crippen LogP contribution in [0.3, 0.4) is 0 Å². The zero-order valence-electron chi connectivity index (χ0n) is 16.4. The Balaban J connectivity index is 1.62. The van der Waals surface area contributed by atoms with Gasteiger partial charge < -0.3 is 20.3 Å². The molecule has 1 aliphatic heterocycles. The van der Waals surface area contributed by atoms with Crippen LogP contribution in [0.5, 0.6) is 0 Å². The van der Waals surface area contributed by atoms with Gasteiger partial charge in [0.25, 0.3) is 0 Å². The molecule has 0 radical (unpaired) electrons. The molecule has 0 atom stereocenters. The van der Waals surface area contributed by atoms with Crippen LogP contribution in [0.15, 0.2) is 48.5 Å². The van der Waals surface area contributed by atoms with Crippen LogP contribution in [0.2, 0.25) is 0 Å². The molecule has 3 rings (SSSR count). The summed E-state index contributed by atoms with van der Waals surface area (Å²) in [5.74, 6) is 0. The summed E-state index contributed by atoms with van der Waals surface area (Å²) in [4.78, 5) is 14.8. The molecular weight excluding hydrogens is 338 g/mol. The van der Waals surface area contributed by atoms with Crippen LogP contribution < -0.4 is 15.5 Å². The average Bonchev–Trinajstić information content (AvgIpc) is 2.68. The van der Waals surface area contributed by atoms with Crippen molar-refractivity contribution in [3.63, 3.8) is 0 Å². The Morgan fingerprint density at radius 2 is 1.74 bits per heavy atom. The Bertz CT molecular complexity index is 765. The molecule has 27 heavy (non-hydrogen) atoms. The monoisotopic (exact) mass is 367 g/mol. The number of anilines is 2. The molecule has 0 aliphatic carbocycles. The van der Waals surface area contributed by atoms with Gasteiger partial charge in [0, 0.05) is 25.0 Å². The number of carbonyl (C=O) groups is 1. The predicted octanol–water partition coefficient (Wildman–Crippen LogP) is 3.93. The average molecular weight is 367 g/mol. The van der Waals surface area contributed by atoms with Crippen molar-refractivity contribution < 1.29 is 9.53 Å². The predicted molar refractivity (Wildman–Crippen MR) is 111 cm³/mol. The van der Waals surface area contributed by atoms with Crippen molar-refractivity contribution >= 4 is 17.4 Å². The summed E-state index contributed by atoms with van der Waals surface area (Å²) in [6, 6.07) is 16.2. The van der Waals surface area contributed by atoms with Gasteiger partial charge in [-0.05, 0) is 24.6 Å². The van der Waals surface area contributed by atoms with E-state index in [0.717, 1.165) is 24.5 Å². The quantitative estimate of drug-likeness (QED) is 0.842. The third-order valence-corrected chi connectivity index (χ3v) is 5.03. The highest BCUT2D eigenvalue weighted by atomic mass is 16.5. The molecule has 0 aromatic heterocycles. The normalized spacial score (nSPS) is 14.7. The highest BCUT2D eigenvalue weighted by Crippen LogP contribution is 2.26. The van der Waals surface area contributed by atoms with Crippen LogP contribution in [0, 0.1) is 6.92 Å². The van der Waals surface area contributed by atoms with Gasteiger partial charge in [0.05, 0.1) is 24.6 Å². The van der Waals surface area contributed by atoms with E-state index in [-0.39, 0.29) is 11.4 Å². The maximum absolute atomic E-state index is 12.5. The molecule has 1 fully saturated rings. The van der Waals surface area contributed by atoms with E-state index >= 15 is 0 Å². The van der Waals surface area contributed by atoms with Gasteiger partial charge in [-0.25, -0.2) is 4.79 Å². The van der Waals surface area contributed by atoms with Crippen LogP contribution in [0.1, 0.15) is 25.0 Å². The van der Waals surface area contributed by atoms with E-state index in [9.17, 15) is 4.79 Å². The Hall–Kier alpha value is -2.53. The molecule has 2 N–H and O–H groups in total. The van der Waals surface area contributed by atoms with E-state index < -0.39 is 0 Å². The van der Waals surface area contributed by atoms with Crippen molar-refractivity contribution in [1.29, 1.82) is 0 Å². The summed E-state index contributed by atoms with van der Waals surface area (Å²) >= 11 is 0. The number of aryl methyl sites for hydroxylation is 1. The second-order valence-corrected chi connectivity index (χ2v) is 7.67. The number of urea groups is 1. The summed E-state index contributed by atoms with van der Waals surface area (Å²) < 4.78 is 5.43. The van der Waals surface area contributed by atoms with Gasteiger partial charge >= 0.3 is 6.03 Å². The molecule has 0 spiro atoms. The highest BCUT2D eigenvalue weighted by Gasteiger charge is 2.22. The first kappa shape index (κ1) is 19.2. The number of ether oxygens (including phenoxy) is 1. The fraction of sp³-hybridized carbons (Fsp3) is 0.409. The third kappa shape index (κ3) is 5.01. The van der Waals surface area contributed by atoms with Crippen LogP contribution >= 0.6 is 0 Å². The first-order valence-electron chi connectivity index (χ1n) is 9.49. The molecule has 2 amide bonds. The van der Waals surface area contributed by atoms with E-state index in [1.165, 1.54) is 11.1 Å². The minimum atomic E-state index is -0.184. The lowest BCUT2D eigenvalue weighted by molar-refractivity contribution is 0.123. The lowest BCUT2D eigenvalue weighted by Crippen LogP contribution is -2.40. The van der Waals surface area contributed by atoms with Gasteiger partial charge in [0.2, 0.25) is 0 Å². The molecule has 0 saturated carbocycles. The lowest BCUT2D eigenvalue weighted by atomic mass is 9.84. The van der Waals surface area contributed by atoms with E-state index in [4.69, 9.17) is 4.74 Å². The number of nitrogens with one attached hydrogen (secondary N) is 2. The van der Waals surface area contributed by atoms with Crippen molar-refractivity contribution in [1.82, 2.24) is 5.32 Å². The number of amides is 2. The minimum absolute atomic E-state index is 0.144. The number of benzene rings is 2. The molecule has 2 aromatic rings. The fourth-order valence-corrected chi connectivity index (χ4v) is 3.23. The number of hydrogen-bond acceptors (Lipinski definition) is 3. The maximum atomic E-state index is 12.5. The molecule has 144 valence electrons. The molecule has 0 unspecified atom stereocenters. The number of hydrogen-bond donors (Lipinski definition) is 2. The largest absolute Gasteiger partial charge is 0.378 e. The summed E-state index contributed by atoms with van der Waals surface area (Å²) in [5.41, 5.74) is 4.16. The highest BCUT2D eigenvalue weighted by molar-refractivity contribution is 5.93. The van der Waals surface area contributed by atoms with Crippen LogP contribution in [0.25, 0.3) is 0 Å². The van der Waals surface area contributed by atoms with E-state index in [1.807, 2.05) is 24.3 Å². The molecule has 1 saturated heterocycles. The Morgan fingerprint density at radius 3 is 2.44 bits per heavy atom. The smallest absolute Gasteiger partial charge is 0.319 e. The molecule has 5 heteroatoms. The molecule has 2 aromatic carbocycles. The Kier molecular flexibility index (Phi) is 6.01. The molecule has 5 nitrogen and oxygen atoms in total. The van der Waals surface area contributed by atoms with Gasteiger partial charge in [-0.3, -0.25) is 0 Å². The molecule has 1 aliphatic rings. The van der Waals surface area contributed by atoms with Crippen molar-refractivity contribution in [3.05, 3.63) is 59.7 Å². The first-order valence-corrected chi connectivity index (χ1v) is 9.49. The standard InChI is InChI=1S/C22H29N3O2/c1-17-8-10-18(11-9-17)22(2,3)16-23-21(26)24-19-6-4-5-7-20(19)25-12-14-27-15-13-25/h4-11H,12-16H2,1-3H3,(H2,23,24,26). The second kappa shape index (κ2) is 8.44. The Labute approximate surface area is 161 Å².